The number of methoxy groups -OCH3 is 2. The van der Waals surface area contributed by atoms with Crippen LogP contribution in [0.15, 0.2) is 0 Å². The smallest absolute Gasteiger partial charge is 0.337 e. The number of carboxylic acids is 1. The van der Waals surface area contributed by atoms with E-state index in [1.165, 1.54) is 14.0 Å². The fourth-order valence-electron chi connectivity index (χ4n) is 6.71. The first-order valence-corrected chi connectivity index (χ1v) is 17.6. The number of carbonyl (C=O) groups excluding carboxylic acids is 3. The molecule has 24 heteroatoms. The van der Waals surface area contributed by atoms with Crippen molar-refractivity contribution >= 4 is 17.9 Å². The summed E-state index contributed by atoms with van der Waals surface area (Å²) in [5.41, 5.74) is 0. The number of esters is 2. The molecule has 0 bridgehead atoms. The van der Waals surface area contributed by atoms with Crippen molar-refractivity contribution in [3.05, 3.63) is 0 Å². The second-order valence-corrected chi connectivity index (χ2v) is 13.7. The molecule has 4 aliphatic rings. The minimum atomic E-state index is -2.39. The van der Waals surface area contributed by atoms with E-state index in [1.54, 1.807) is 6.92 Å². The highest BCUT2D eigenvalue weighted by atomic mass is 16.8. The molecule has 4 heterocycles. The number of aliphatic hydroxyl groups excluding tert-OH is 9. The maximum Gasteiger partial charge on any atom is 0.337 e. The lowest BCUT2D eigenvalue weighted by Gasteiger charge is -2.50. The third kappa shape index (κ3) is 10.1. The van der Waals surface area contributed by atoms with Crippen LogP contribution in [0, 0.1) is 5.92 Å². The van der Waals surface area contributed by atoms with Crippen molar-refractivity contribution in [2.75, 3.05) is 34.0 Å². The maximum atomic E-state index is 12.9. The average Bonchev–Trinajstić information content (AvgIpc) is 3.16. The zero-order valence-electron chi connectivity index (χ0n) is 30.9. The Morgan fingerprint density at radius 2 is 1.25 bits per heavy atom. The fourth-order valence-corrected chi connectivity index (χ4v) is 6.71. The van der Waals surface area contributed by atoms with Crippen molar-refractivity contribution in [3.63, 3.8) is 0 Å². The second kappa shape index (κ2) is 20.1. The van der Waals surface area contributed by atoms with Gasteiger partial charge in [0.25, 0.3) is 0 Å². The highest BCUT2D eigenvalue weighted by Gasteiger charge is 2.57. The Hall–Kier alpha value is -2.31. The summed E-state index contributed by atoms with van der Waals surface area (Å²) in [7, 11) is 2.48. The minimum absolute atomic E-state index is 0.720. The SMILES string of the molecule is COC1OC(CO)C(OC2OC(C(=O)[O-])C(OC3OC(COC(C)=O)C(O)C(OC4OC(C)C(OC)C(O)C4C)C3OC(=O)C(O)CO)C(O)C2O)C(O)C1O. The summed E-state index contributed by atoms with van der Waals surface area (Å²) < 4.78 is 60.4. The number of aliphatic hydroxyl groups is 9. The molecule has 0 aromatic carbocycles. The number of hydrogen-bond acceptors (Lipinski definition) is 24. The molecule has 21 atom stereocenters. The van der Waals surface area contributed by atoms with Gasteiger partial charge in [-0.2, -0.15) is 0 Å². The largest absolute Gasteiger partial charge is 0.547 e. The lowest BCUT2D eigenvalue weighted by Crippen LogP contribution is -2.69. The number of carbonyl (C=O) groups is 3. The van der Waals surface area contributed by atoms with Crippen molar-refractivity contribution in [2.45, 2.75) is 144 Å². The Labute approximate surface area is 319 Å². The summed E-state index contributed by atoms with van der Waals surface area (Å²) in [5, 5.41) is 108. The zero-order valence-corrected chi connectivity index (χ0v) is 30.9. The van der Waals surface area contributed by atoms with Crippen molar-refractivity contribution in [3.8, 4) is 0 Å². The molecule has 0 aromatic rings. The number of hydrogen-bond donors (Lipinski definition) is 9. The van der Waals surface area contributed by atoms with Gasteiger partial charge < -0.3 is 108 Å². The van der Waals surface area contributed by atoms with Crippen molar-refractivity contribution in [1.29, 1.82) is 0 Å². The van der Waals surface area contributed by atoms with E-state index < -0.39 is 166 Å². The van der Waals surface area contributed by atoms with Crippen LogP contribution >= 0.6 is 0 Å². The molecule has 0 aliphatic carbocycles. The Bertz CT molecular complexity index is 1290. The molecule has 0 radical (unpaired) electrons. The first-order valence-electron chi connectivity index (χ1n) is 17.6. The monoisotopic (exact) mass is 819 g/mol. The Morgan fingerprint density at radius 3 is 1.82 bits per heavy atom. The predicted octanol–water partition coefficient (Wildman–Crippen LogP) is -7.91. The molecule has 56 heavy (non-hydrogen) atoms. The van der Waals surface area contributed by atoms with E-state index in [0.29, 0.717) is 0 Å². The van der Waals surface area contributed by atoms with Gasteiger partial charge in [-0.3, -0.25) is 4.79 Å². The van der Waals surface area contributed by atoms with Gasteiger partial charge in [0, 0.05) is 27.1 Å². The van der Waals surface area contributed by atoms with Gasteiger partial charge in [0.15, 0.2) is 37.4 Å². The topological polar surface area (TPSA) is 358 Å². The molecule has 4 rings (SSSR count). The van der Waals surface area contributed by atoms with Crippen LogP contribution in [-0.4, -0.2) is 221 Å². The molecule has 0 spiro atoms. The van der Waals surface area contributed by atoms with Gasteiger partial charge >= 0.3 is 11.9 Å². The Balaban J connectivity index is 1.68. The van der Waals surface area contributed by atoms with E-state index in [1.807, 2.05) is 0 Å². The summed E-state index contributed by atoms with van der Waals surface area (Å²) >= 11 is 0. The van der Waals surface area contributed by atoms with Crippen LogP contribution in [-0.2, 0) is 66.5 Å². The predicted molar refractivity (Wildman–Crippen MR) is 170 cm³/mol. The number of ether oxygens (including phenoxy) is 11. The summed E-state index contributed by atoms with van der Waals surface area (Å²) in [6.07, 6.45) is -35.6. The molecule has 0 saturated carbocycles. The minimum Gasteiger partial charge on any atom is -0.547 e. The lowest BCUT2D eigenvalue weighted by atomic mass is 9.92. The molecule has 0 amide bonds. The van der Waals surface area contributed by atoms with E-state index in [0.717, 1.165) is 14.0 Å². The van der Waals surface area contributed by atoms with E-state index in [2.05, 4.69) is 0 Å². The van der Waals surface area contributed by atoms with Crippen LogP contribution in [0.2, 0.25) is 0 Å². The normalized spacial score (nSPS) is 45.1. The van der Waals surface area contributed by atoms with Gasteiger partial charge in [-0.1, -0.05) is 6.92 Å². The van der Waals surface area contributed by atoms with Gasteiger partial charge in [0.05, 0.1) is 31.4 Å². The molecule has 24 nitrogen and oxygen atoms in total. The standard InChI is InChI=1S/C32H52O24/c1-9-15(37)21(46-4)10(2)49-29(9)54-23-16(38)14(8-48-11(3)35)51-32(26(23)52-28(45)12(36)6-33)55-24-18(40)20(42)31(56-25(24)27(43)44)53-22-13(7-34)50-30(47-5)19(41)17(22)39/h9-10,12-26,29-34,36-42H,6-8H2,1-5H3,(H,43,44)/p-1. The highest BCUT2D eigenvalue weighted by molar-refractivity contribution is 5.74. The molecule has 4 fully saturated rings. The highest BCUT2D eigenvalue weighted by Crippen LogP contribution is 2.37. The molecule has 0 aromatic heterocycles. The van der Waals surface area contributed by atoms with Crippen LogP contribution in [0.1, 0.15) is 20.8 Å². The third-order valence-electron chi connectivity index (χ3n) is 9.86. The summed E-state index contributed by atoms with van der Waals surface area (Å²) in [5.74, 6) is -5.36. The second-order valence-electron chi connectivity index (χ2n) is 13.7. The third-order valence-corrected chi connectivity index (χ3v) is 9.86. The van der Waals surface area contributed by atoms with Crippen LogP contribution in [0.4, 0.5) is 0 Å². The number of carboxylic acid groups (broad SMARTS) is 1. The van der Waals surface area contributed by atoms with E-state index in [-0.39, 0.29) is 0 Å². The number of aliphatic carboxylic acids is 1. The molecule has 324 valence electrons. The van der Waals surface area contributed by atoms with Crippen molar-refractivity contribution in [2.24, 2.45) is 5.92 Å². The van der Waals surface area contributed by atoms with Gasteiger partial charge in [0.2, 0.25) is 0 Å². The average molecular weight is 820 g/mol. The first-order chi connectivity index (χ1) is 26.4. The molecule has 4 saturated heterocycles. The van der Waals surface area contributed by atoms with E-state index >= 15 is 0 Å². The van der Waals surface area contributed by atoms with Crippen LogP contribution in [0.25, 0.3) is 0 Å². The Kier molecular flexibility index (Phi) is 16.6. The van der Waals surface area contributed by atoms with Crippen molar-refractivity contribution in [1.82, 2.24) is 0 Å². The molecular weight excluding hydrogens is 768 g/mol. The van der Waals surface area contributed by atoms with Gasteiger partial charge in [-0.15, -0.1) is 0 Å². The van der Waals surface area contributed by atoms with Crippen LogP contribution < -0.4 is 5.11 Å². The van der Waals surface area contributed by atoms with Crippen LogP contribution in [0.3, 0.4) is 0 Å². The summed E-state index contributed by atoms with van der Waals surface area (Å²) in [4.78, 5) is 37.1. The van der Waals surface area contributed by atoms with Crippen molar-refractivity contribution < 1.29 is 118 Å². The van der Waals surface area contributed by atoms with Gasteiger partial charge in [-0.25, -0.2) is 4.79 Å². The summed E-state index contributed by atoms with van der Waals surface area (Å²) in [6, 6.07) is 0. The Morgan fingerprint density at radius 1 is 0.661 bits per heavy atom. The van der Waals surface area contributed by atoms with Crippen LogP contribution in [0.5, 0.6) is 0 Å². The summed E-state index contributed by atoms with van der Waals surface area (Å²) in [6.45, 7) is 1.37. The molecule has 21 unspecified atom stereocenters. The van der Waals surface area contributed by atoms with E-state index in [4.69, 9.17) is 52.1 Å². The molecular formula is C32H51O24-. The first kappa shape index (κ1) is 46.4. The molecule has 4 aliphatic heterocycles. The lowest BCUT2D eigenvalue weighted by molar-refractivity contribution is -0.394. The van der Waals surface area contributed by atoms with Gasteiger partial charge in [0.1, 0.15) is 79.9 Å². The quantitative estimate of drug-likeness (QED) is 0.0693. The maximum absolute atomic E-state index is 12.9. The molecule has 9 N–H and O–H groups in total. The van der Waals surface area contributed by atoms with Gasteiger partial charge in [-0.05, 0) is 6.92 Å². The number of rotatable bonds is 15. The van der Waals surface area contributed by atoms with E-state index in [9.17, 15) is 65.4 Å². The fraction of sp³-hybridized carbons (Fsp3) is 0.906. The zero-order chi connectivity index (χ0) is 41.8.